The number of amides is 1. The van der Waals surface area contributed by atoms with Gasteiger partial charge in [0.1, 0.15) is 5.75 Å². The minimum Gasteiger partial charge on any atom is -0.506 e. The van der Waals surface area contributed by atoms with Crippen molar-refractivity contribution in [3.63, 3.8) is 0 Å². The number of thioether (sulfide) groups is 1. The Morgan fingerprint density at radius 3 is 2.71 bits per heavy atom. The maximum Gasteiger partial charge on any atom is 0.234 e. The molecule has 7 nitrogen and oxygen atoms in total. The Balaban J connectivity index is 1.65. The van der Waals surface area contributed by atoms with E-state index in [1.165, 1.54) is 17.8 Å². The van der Waals surface area contributed by atoms with Crippen molar-refractivity contribution < 1.29 is 9.90 Å². The molecule has 0 aliphatic carbocycles. The van der Waals surface area contributed by atoms with Crippen LogP contribution >= 0.6 is 11.8 Å². The number of phenolic OH excluding ortho intramolecular Hbond substituents is 1. The molecule has 8 heteroatoms. The monoisotopic (exact) mass is 341 g/mol. The van der Waals surface area contributed by atoms with Crippen LogP contribution in [0.2, 0.25) is 0 Å². The van der Waals surface area contributed by atoms with E-state index in [0.717, 1.165) is 11.3 Å². The van der Waals surface area contributed by atoms with E-state index in [1.54, 1.807) is 22.9 Å². The summed E-state index contributed by atoms with van der Waals surface area (Å²) in [5, 5.41) is 24.4. The number of hydrogen-bond acceptors (Lipinski definition) is 6. The van der Waals surface area contributed by atoms with Crippen molar-refractivity contribution in [2.24, 2.45) is 0 Å². The van der Waals surface area contributed by atoms with E-state index in [2.05, 4.69) is 20.8 Å². The number of phenols is 1. The number of aromatic hydroxyl groups is 1. The minimum atomic E-state index is -0.250. The van der Waals surface area contributed by atoms with Gasteiger partial charge in [0.25, 0.3) is 0 Å². The van der Waals surface area contributed by atoms with Crippen molar-refractivity contribution in [2.75, 3.05) is 11.1 Å². The van der Waals surface area contributed by atoms with Crippen molar-refractivity contribution in [3.05, 3.63) is 54.1 Å². The molecule has 0 atom stereocenters. The topological polar surface area (TPSA) is 92.9 Å². The summed E-state index contributed by atoms with van der Waals surface area (Å²) in [6.07, 6.45) is 0. The van der Waals surface area contributed by atoms with Crippen molar-refractivity contribution in [1.82, 2.24) is 20.2 Å². The van der Waals surface area contributed by atoms with Crippen LogP contribution in [0.4, 0.5) is 5.69 Å². The van der Waals surface area contributed by atoms with Crippen molar-refractivity contribution in [2.45, 2.75) is 12.1 Å². The number of para-hydroxylation sites is 2. The molecule has 122 valence electrons. The maximum absolute atomic E-state index is 12.0. The zero-order valence-corrected chi connectivity index (χ0v) is 13.7. The Labute approximate surface area is 142 Å². The van der Waals surface area contributed by atoms with Crippen molar-refractivity contribution in [3.8, 4) is 11.4 Å². The number of rotatable bonds is 5. The number of carbonyl (C=O) groups is 1. The summed E-state index contributed by atoms with van der Waals surface area (Å²) in [5.74, 6) is -0.0964. The first-order chi connectivity index (χ1) is 11.6. The Morgan fingerprint density at radius 2 is 1.96 bits per heavy atom. The average Bonchev–Trinajstić information content (AvgIpc) is 3.04. The molecule has 0 saturated heterocycles. The highest BCUT2D eigenvalue weighted by Crippen LogP contribution is 2.23. The predicted molar refractivity (Wildman–Crippen MR) is 91.4 cm³/mol. The van der Waals surface area contributed by atoms with E-state index in [1.807, 2.05) is 31.2 Å². The second kappa shape index (κ2) is 7.14. The standard InChI is InChI=1S/C16H15N5O2S/c1-11-6-8-12(9-7-11)21-16(18-19-20-21)24-10-15(23)17-13-4-2-3-5-14(13)22/h2-9,22H,10H2,1H3,(H,17,23). The Morgan fingerprint density at radius 1 is 1.21 bits per heavy atom. The Kier molecular flexibility index (Phi) is 4.76. The summed E-state index contributed by atoms with van der Waals surface area (Å²) >= 11 is 1.22. The number of carbonyl (C=O) groups excluding carboxylic acids is 1. The third kappa shape index (κ3) is 3.72. The van der Waals surface area contributed by atoms with Gasteiger partial charge in [0.2, 0.25) is 11.1 Å². The molecular formula is C16H15N5O2S. The third-order valence-electron chi connectivity index (χ3n) is 3.23. The van der Waals surface area contributed by atoms with E-state index in [9.17, 15) is 9.90 Å². The molecule has 3 rings (SSSR count). The van der Waals surface area contributed by atoms with Crippen LogP contribution < -0.4 is 5.32 Å². The fraction of sp³-hybridized carbons (Fsp3) is 0.125. The molecule has 0 unspecified atom stereocenters. The number of anilines is 1. The summed E-state index contributed by atoms with van der Waals surface area (Å²) in [5.41, 5.74) is 2.35. The van der Waals surface area contributed by atoms with Crippen molar-refractivity contribution >= 4 is 23.4 Å². The third-order valence-corrected chi connectivity index (χ3v) is 4.15. The van der Waals surface area contributed by atoms with Crippen LogP contribution in [0, 0.1) is 6.92 Å². The summed E-state index contributed by atoms with van der Waals surface area (Å²) in [4.78, 5) is 12.0. The highest BCUT2D eigenvalue weighted by molar-refractivity contribution is 7.99. The molecule has 0 aliphatic heterocycles. The highest BCUT2D eigenvalue weighted by Gasteiger charge is 2.12. The number of nitrogens with one attached hydrogen (secondary N) is 1. The van der Waals surface area contributed by atoms with Crippen LogP contribution in [-0.4, -0.2) is 37.0 Å². The fourth-order valence-corrected chi connectivity index (χ4v) is 2.70. The van der Waals surface area contributed by atoms with Crippen LogP contribution in [-0.2, 0) is 4.79 Å². The molecular weight excluding hydrogens is 326 g/mol. The molecule has 3 aromatic rings. The number of benzene rings is 2. The summed E-state index contributed by atoms with van der Waals surface area (Å²) in [6.45, 7) is 2.00. The van der Waals surface area contributed by atoms with Gasteiger partial charge in [-0.2, -0.15) is 4.68 Å². The lowest BCUT2D eigenvalue weighted by molar-refractivity contribution is -0.113. The van der Waals surface area contributed by atoms with Gasteiger partial charge in [0, 0.05) is 0 Å². The van der Waals surface area contributed by atoms with Gasteiger partial charge in [0.05, 0.1) is 17.1 Å². The number of nitrogens with zero attached hydrogens (tertiary/aromatic N) is 4. The fourth-order valence-electron chi connectivity index (χ4n) is 2.01. The highest BCUT2D eigenvalue weighted by atomic mass is 32.2. The molecule has 0 spiro atoms. The second-order valence-corrected chi connectivity index (χ2v) is 6.01. The van der Waals surface area contributed by atoms with Gasteiger partial charge in [-0.3, -0.25) is 4.79 Å². The first-order valence-electron chi connectivity index (χ1n) is 7.19. The molecule has 0 radical (unpaired) electrons. The second-order valence-electron chi connectivity index (χ2n) is 5.06. The average molecular weight is 341 g/mol. The Hall–Kier alpha value is -2.87. The maximum atomic E-state index is 12.0. The number of tetrazole rings is 1. The van der Waals surface area contributed by atoms with Crippen LogP contribution in [0.25, 0.3) is 5.69 Å². The minimum absolute atomic E-state index is 0.0281. The quantitative estimate of drug-likeness (QED) is 0.547. The van der Waals surface area contributed by atoms with Gasteiger partial charge < -0.3 is 10.4 Å². The van der Waals surface area contributed by atoms with E-state index in [0.29, 0.717) is 10.8 Å². The molecule has 0 aliphatic rings. The number of aromatic nitrogens is 4. The summed E-state index contributed by atoms with van der Waals surface area (Å²) in [7, 11) is 0. The molecule has 2 N–H and O–H groups in total. The smallest absolute Gasteiger partial charge is 0.234 e. The zero-order chi connectivity index (χ0) is 16.9. The first kappa shape index (κ1) is 16.0. The molecule has 24 heavy (non-hydrogen) atoms. The van der Waals surface area contributed by atoms with Gasteiger partial charge in [-0.05, 0) is 41.6 Å². The molecule has 1 aromatic heterocycles. The van der Waals surface area contributed by atoms with E-state index < -0.39 is 0 Å². The van der Waals surface area contributed by atoms with Crippen molar-refractivity contribution in [1.29, 1.82) is 0 Å². The SMILES string of the molecule is Cc1ccc(-n2nnnc2SCC(=O)Nc2ccccc2O)cc1. The molecule has 1 amide bonds. The largest absolute Gasteiger partial charge is 0.506 e. The lowest BCUT2D eigenvalue weighted by Gasteiger charge is -2.07. The normalized spacial score (nSPS) is 10.5. The molecule has 1 heterocycles. The summed E-state index contributed by atoms with van der Waals surface area (Å²) in [6, 6.07) is 14.3. The number of aryl methyl sites for hydroxylation is 1. The van der Waals surface area contributed by atoms with E-state index in [4.69, 9.17) is 0 Å². The van der Waals surface area contributed by atoms with Crippen LogP contribution in [0.3, 0.4) is 0 Å². The predicted octanol–water partition coefficient (Wildman–Crippen LogP) is 2.41. The van der Waals surface area contributed by atoms with Gasteiger partial charge in [-0.25, -0.2) is 0 Å². The first-order valence-corrected chi connectivity index (χ1v) is 8.18. The summed E-state index contributed by atoms with van der Waals surface area (Å²) < 4.78 is 1.58. The van der Waals surface area contributed by atoms with Gasteiger partial charge in [-0.15, -0.1) is 5.10 Å². The lowest BCUT2D eigenvalue weighted by atomic mass is 10.2. The van der Waals surface area contributed by atoms with Crippen LogP contribution in [0.1, 0.15) is 5.56 Å². The van der Waals surface area contributed by atoms with E-state index >= 15 is 0 Å². The van der Waals surface area contributed by atoms with Gasteiger partial charge in [-0.1, -0.05) is 41.6 Å². The molecule has 0 saturated carbocycles. The zero-order valence-electron chi connectivity index (χ0n) is 12.9. The van der Waals surface area contributed by atoms with Gasteiger partial charge in [0.15, 0.2) is 0 Å². The van der Waals surface area contributed by atoms with Gasteiger partial charge >= 0.3 is 0 Å². The molecule has 2 aromatic carbocycles. The molecule has 0 bridgehead atoms. The lowest BCUT2D eigenvalue weighted by Crippen LogP contribution is -2.14. The Bertz CT molecular complexity index is 848. The number of hydrogen-bond donors (Lipinski definition) is 2. The van der Waals surface area contributed by atoms with E-state index in [-0.39, 0.29) is 17.4 Å². The van der Waals surface area contributed by atoms with Crippen LogP contribution in [0.5, 0.6) is 5.75 Å². The van der Waals surface area contributed by atoms with Crippen LogP contribution in [0.15, 0.2) is 53.7 Å². The molecule has 0 fully saturated rings.